The molecule has 0 aromatic carbocycles. The monoisotopic (exact) mass is 385 g/mol. The van der Waals surface area contributed by atoms with E-state index in [-0.39, 0.29) is 11.7 Å². The van der Waals surface area contributed by atoms with Crippen molar-refractivity contribution in [2.45, 2.75) is 32.9 Å². The van der Waals surface area contributed by atoms with Crippen molar-refractivity contribution < 1.29 is 9.53 Å². The highest BCUT2D eigenvalue weighted by Gasteiger charge is 2.26. The first-order chi connectivity index (χ1) is 13.4. The van der Waals surface area contributed by atoms with E-state index in [1.54, 1.807) is 27.3 Å². The minimum atomic E-state index is -0.184. The Bertz CT molecular complexity index is 839. The number of hydrogen-bond acceptors (Lipinski definition) is 8. The van der Waals surface area contributed by atoms with Crippen LogP contribution in [0, 0.1) is 13.8 Å². The van der Waals surface area contributed by atoms with Gasteiger partial charge in [-0.05, 0) is 26.3 Å². The molecule has 1 fully saturated rings. The fraction of sp³-hybridized carbons (Fsp3) is 0.526. The molecule has 1 atom stereocenters. The summed E-state index contributed by atoms with van der Waals surface area (Å²) in [6.45, 7) is 6.25. The van der Waals surface area contributed by atoms with E-state index in [4.69, 9.17) is 4.74 Å². The van der Waals surface area contributed by atoms with E-state index in [0.29, 0.717) is 18.5 Å². The average molecular weight is 385 g/mol. The Morgan fingerprint density at radius 2 is 2.07 bits per heavy atom. The lowest BCUT2D eigenvalue weighted by Crippen LogP contribution is -2.33. The van der Waals surface area contributed by atoms with Crippen LogP contribution in [0.25, 0.3) is 0 Å². The molecule has 1 amide bonds. The molecule has 2 aromatic heterocycles. The van der Waals surface area contributed by atoms with Gasteiger partial charge in [-0.3, -0.25) is 4.79 Å². The second kappa shape index (κ2) is 8.47. The number of aryl methyl sites for hydroxylation is 1. The number of carbonyl (C=O) groups is 1. The zero-order valence-corrected chi connectivity index (χ0v) is 17.1. The molecule has 150 valence electrons. The van der Waals surface area contributed by atoms with Crippen molar-refractivity contribution in [2.24, 2.45) is 0 Å². The van der Waals surface area contributed by atoms with Crippen LogP contribution in [0.4, 0.5) is 5.82 Å². The number of amides is 1. The molecule has 2 aromatic rings. The van der Waals surface area contributed by atoms with Crippen LogP contribution in [0.15, 0.2) is 12.1 Å². The number of methoxy groups -OCH3 is 1. The summed E-state index contributed by atoms with van der Waals surface area (Å²) in [7, 11) is 4.99. The first-order valence-electron chi connectivity index (χ1n) is 9.31. The maximum absolute atomic E-state index is 12.3. The van der Waals surface area contributed by atoms with E-state index in [1.165, 1.54) is 4.90 Å². The second-order valence-electron chi connectivity index (χ2n) is 7.16. The lowest BCUT2D eigenvalue weighted by molar-refractivity contribution is 0.0815. The molecule has 0 radical (unpaired) electrons. The molecular weight excluding hydrogens is 358 g/mol. The molecule has 1 N–H and O–H groups in total. The van der Waals surface area contributed by atoms with E-state index in [9.17, 15) is 4.79 Å². The fourth-order valence-corrected chi connectivity index (χ4v) is 3.14. The summed E-state index contributed by atoms with van der Waals surface area (Å²) in [5.74, 6) is 1.41. The summed E-state index contributed by atoms with van der Waals surface area (Å²) in [6, 6.07) is 4.02. The average Bonchev–Trinajstić information content (AvgIpc) is 3.16. The Morgan fingerprint density at radius 1 is 1.29 bits per heavy atom. The number of rotatable bonds is 6. The zero-order valence-electron chi connectivity index (χ0n) is 17.1. The summed E-state index contributed by atoms with van der Waals surface area (Å²) in [6.07, 6.45) is 0.989. The fourth-order valence-electron chi connectivity index (χ4n) is 3.14. The van der Waals surface area contributed by atoms with Gasteiger partial charge in [-0.2, -0.15) is 5.10 Å². The maximum Gasteiger partial charge on any atom is 0.291 e. The van der Waals surface area contributed by atoms with Crippen LogP contribution >= 0.6 is 0 Å². The molecule has 1 saturated heterocycles. The highest BCUT2D eigenvalue weighted by atomic mass is 16.5. The number of carbonyl (C=O) groups excluding carboxylic acids is 1. The van der Waals surface area contributed by atoms with Crippen LogP contribution < -0.4 is 15.0 Å². The van der Waals surface area contributed by atoms with Gasteiger partial charge in [0.25, 0.3) is 5.91 Å². The van der Waals surface area contributed by atoms with Gasteiger partial charge in [0, 0.05) is 57.1 Å². The predicted octanol–water partition coefficient (Wildman–Crippen LogP) is 0.962. The standard InChI is InChI=1S/C19H27N7O2/c1-12-13(2)21-17(19(27)25(3)4)22-18(12)26-9-8-15(11-26)20-10-14-6-7-16(28-5)24-23-14/h6-7,15,20H,8-11H2,1-5H3/t15-/m1/s1. The van der Waals surface area contributed by atoms with Gasteiger partial charge in [-0.25, -0.2) is 9.97 Å². The lowest BCUT2D eigenvalue weighted by Gasteiger charge is -2.22. The second-order valence-corrected chi connectivity index (χ2v) is 7.16. The van der Waals surface area contributed by atoms with Crippen LogP contribution in [0.1, 0.15) is 34.0 Å². The van der Waals surface area contributed by atoms with Gasteiger partial charge in [-0.1, -0.05) is 0 Å². The SMILES string of the molecule is COc1ccc(CN[C@@H]2CCN(c3nc(C(=O)N(C)C)nc(C)c3C)C2)nn1. The Morgan fingerprint density at radius 3 is 2.71 bits per heavy atom. The predicted molar refractivity (Wildman–Crippen MR) is 106 cm³/mol. The van der Waals surface area contributed by atoms with Crippen molar-refractivity contribution in [3.8, 4) is 5.88 Å². The number of nitrogens with zero attached hydrogens (tertiary/aromatic N) is 6. The van der Waals surface area contributed by atoms with Gasteiger partial charge >= 0.3 is 0 Å². The molecule has 3 heterocycles. The quantitative estimate of drug-likeness (QED) is 0.786. The maximum atomic E-state index is 12.3. The van der Waals surface area contributed by atoms with Crippen molar-refractivity contribution in [2.75, 3.05) is 39.2 Å². The van der Waals surface area contributed by atoms with Gasteiger partial charge in [0.2, 0.25) is 11.7 Å². The first kappa shape index (κ1) is 19.9. The van der Waals surface area contributed by atoms with E-state index in [0.717, 1.165) is 42.3 Å². The van der Waals surface area contributed by atoms with E-state index < -0.39 is 0 Å². The molecule has 0 spiro atoms. The summed E-state index contributed by atoms with van der Waals surface area (Å²) < 4.78 is 5.03. The number of hydrogen-bond donors (Lipinski definition) is 1. The third-order valence-corrected chi connectivity index (χ3v) is 4.93. The van der Waals surface area contributed by atoms with Gasteiger partial charge in [0.05, 0.1) is 12.8 Å². The van der Waals surface area contributed by atoms with Crippen LogP contribution in [0.2, 0.25) is 0 Å². The summed E-state index contributed by atoms with van der Waals surface area (Å²) >= 11 is 0. The molecule has 1 aliphatic heterocycles. The van der Waals surface area contributed by atoms with E-state index >= 15 is 0 Å². The Hall–Kier alpha value is -2.81. The highest BCUT2D eigenvalue weighted by molar-refractivity contribution is 5.90. The van der Waals surface area contributed by atoms with E-state index in [1.807, 2.05) is 19.9 Å². The van der Waals surface area contributed by atoms with Gasteiger partial charge in [0.1, 0.15) is 5.82 Å². The van der Waals surface area contributed by atoms with Crippen LogP contribution in [0.5, 0.6) is 5.88 Å². The molecule has 0 aliphatic carbocycles. The van der Waals surface area contributed by atoms with Gasteiger partial charge in [-0.15, -0.1) is 5.10 Å². The molecule has 0 saturated carbocycles. The molecule has 28 heavy (non-hydrogen) atoms. The molecule has 0 bridgehead atoms. The number of aromatic nitrogens is 4. The number of anilines is 1. The lowest BCUT2D eigenvalue weighted by atomic mass is 10.2. The molecular formula is C19H27N7O2. The van der Waals surface area contributed by atoms with E-state index in [2.05, 4.69) is 30.4 Å². The van der Waals surface area contributed by atoms with Crippen molar-refractivity contribution in [3.63, 3.8) is 0 Å². The third-order valence-electron chi connectivity index (χ3n) is 4.93. The van der Waals surface area contributed by atoms with Crippen LogP contribution in [-0.4, -0.2) is 71.3 Å². The smallest absolute Gasteiger partial charge is 0.291 e. The first-order valence-corrected chi connectivity index (χ1v) is 9.31. The van der Waals surface area contributed by atoms with Gasteiger partial charge < -0.3 is 19.9 Å². The number of ether oxygens (including phenoxy) is 1. The molecule has 3 rings (SSSR count). The highest BCUT2D eigenvalue weighted by Crippen LogP contribution is 2.24. The topological polar surface area (TPSA) is 96.4 Å². The van der Waals surface area contributed by atoms with Crippen molar-refractivity contribution in [1.82, 2.24) is 30.4 Å². The normalized spacial score (nSPS) is 16.3. The largest absolute Gasteiger partial charge is 0.480 e. The number of nitrogens with one attached hydrogen (secondary N) is 1. The third kappa shape index (κ3) is 4.36. The summed E-state index contributed by atoms with van der Waals surface area (Å²) in [5, 5.41) is 11.7. The zero-order chi connectivity index (χ0) is 20.3. The van der Waals surface area contributed by atoms with Crippen LogP contribution in [-0.2, 0) is 6.54 Å². The van der Waals surface area contributed by atoms with Crippen molar-refractivity contribution >= 4 is 11.7 Å². The minimum Gasteiger partial charge on any atom is -0.480 e. The Labute approximate surface area is 165 Å². The summed E-state index contributed by atoms with van der Waals surface area (Å²) in [4.78, 5) is 24.9. The molecule has 9 nitrogen and oxygen atoms in total. The van der Waals surface area contributed by atoms with Crippen LogP contribution in [0.3, 0.4) is 0 Å². The Balaban J connectivity index is 1.66. The molecule has 0 unspecified atom stereocenters. The summed E-state index contributed by atoms with van der Waals surface area (Å²) in [5.41, 5.74) is 2.71. The van der Waals surface area contributed by atoms with Crippen molar-refractivity contribution in [3.05, 3.63) is 34.9 Å². The minimum absolute atomic E-state index is 0.184. The molecule has 1 aliphatic rings. The van der Waals surface area contributed by atoms with Crippen molar-refractivity contribution in [1.29, 1.82) is 0 Å². The Kier molecular flexibility index (Phi) is 6.03. The van der Waals surface area contributed by atoms with Gasteiger partial charge in [0.15, 0.2) is 0 Å². The molecule has 9 heteroatoms.